The van der Waals surface area contributed by atoms with Crippen LogP contribution in [-0.4, -0.2) is 18.3 Å². The Balaban J connectivity index is 2.67. The van der Waals surface area contributed by atoms with Crippen LogP contribution < -0.4 is 0 Å². The van der Waals surface area contributed by atoms with E-state index in [-0.39, 0.29) is 0 Å². The number of aryl methyl sites for hydroxylation is 1. The molecule has 1 rings (SSSR count). The highest BCUT2D eigenvalue weighted by molar-refractivity contribution is 5.24. The zero-order valence-corrected chi connectivity index (χ0v) is 7.13. The van der Waals surface area contributed by atoms with Crippen LogP contribution in [0, 0.1) is 6.92 Å². The van der Waals surface area contributed by atoms with Crippen molar-refractivity contribution >= 4 is 0 Å². The van der Waals surface area contributed by atoms with Crippen LogP contribution in [-0.2, 0) is 18.2 Å². The normalized spacial score (nSPS) is 10.5. The summed E-state index contributed by atoms with van der Waals surface area (Å²) in [6, 6.07) is 2.02. The molecule has 1 heterocycles. The third-order valence-corrected chi connectivity index (χ3v) is 1.84. The maximum atomic E-state index is 4.98. The van der Waals surface area contributed by atoms with Crippen LogP contribution in [0.1, 0.15) is 11.3 Å². The molecule has 0 saturated carbocycles. The van der Waals surface area contributed by atoms with Gasteiger partial charge in [0.15, 0.2) is 0 Å². The van der Waals surface area contributed by atoms with Crippen molar-refractivity contribution in [1.82, 2.24) is 4.57 Å². The number of hydrogen-bond donors (Lipinski definition) is 0. The van der Waals surface area contributed by atoms with Crippen LogP contribution in [0.25, 0.3) is 0 Å². The highest BCUT2D eigenvalue weighted by Crippen LogP contribution is 2.08. The van der Waals surface area contributed by atoms with Gasteiger partial charge in [-0.1, -0.05) is 0 Å². The fourth-order valence-electron chi connectivity index (χ4n) is 1.15. The molecule has 2 heteroatoms. The summed E-state index contributed by atoms with van der Waals surface area (Å²) in [4.78, 5) is 0. The Labute approximate surface area is 67.8 Å². The zero-order chi connectivity index (χ0) is 8.27. The van der Waals surface area contributed by atoms with Crippen molar-refractivity contribution in [1.29, 1.82) is 0 Å². The predicted molar refractivity (Wildman–Crippen MR) is 45.5 cm³/mol. The molecule has 0 atom stereocenters. The average Bonchev–Trinajstić information content (AvgIpc) is 2.29. The van der Waals surface area contributed by atoms with E-state index in [2.05, 4.69) is 11.5 Å². The lowest BCUT2D eigenvalue weighted by Crippen LogP contribution is -2.01. The number of hydrogen-bond acceptors (Lipinski definition) is 1. The molecule has 0 aliphatic rings. The first-order valence-electron chi connectivity index (χ1n) is 3.71. The van der Waals surface area contributed by atoms with E-state index < -0.39 is 0 Å². The van der Waals surface area contributed by atoms with Crippen molar-refractivity contribution < 1.29 is 4.74 Å². The summed E-state index contributed by atoms with van der Waals surface area (Å²) in [5, 5.41) is 0. The first kappa shape index (κ1) is 8.34. The van der Waals surface area contributed by atoms with E-state index in [1.54, 1.807) is 7.11 Å². The maximum Gasteiger partial charge on any atom is 0.0517 e. The lowest BCUT2D eigenvalue weighted by molar-refractivity contribution is 0.200. The van der Waals surface area contributed by atoms with Crippen LogP contribution in [0.3, 0.4) is 0 Å². The molecule has 2 nitrogen and oxygen atoms in total. The van der Waals surface area contributed by atoms with Gasteiger partial charge in [0, 0.05) is 32.5 Å². The van der Waals surface area contributed by atoms with Crippen LogP contribution in [0.15, 0.2) is 12.3 Å². The molecule has 1 aromatic rings. The first-order chi connectivity index (χ1) is 5.25. The molecule has 61 valence electrons. The van der Waals surface area contributed by atoms with E-state index >= 15 is 0 Å². The predicted octanol–water partition coefficient (Wildman–Crippen LogP) is 1.40. The molecule has 0 aromatic carbocycles. The second-order valence-corrected chi connectivity index (χ2v) is 2.64. The van der Waals surface area contributed by atoms with Crippen LogP contribution >= 0.6 is 0 Å². The minimum absolute atomic E-state index is 0.764. The summed E-state index contributed by atoms with van der Waals surface area (Å²) in [6.07, 6.45) is 2.96. The third kappa shape index (κ3) is 1.84. The molecular weight excluding hydrogens is 138 g/mol. The quantitative estimate of drug-likeness (QED) is 0.638. The second kappa shape index (κ2) is 3.58. The molecule has 0 unspecified atom stereocenters. The van der Waals surface area contributed by atoms with E-state index in [4.69, 9.17) is 4.74 Å². The SMILES string of the molecule is [CH2]c1ccn(C)c1CCOC. The Morgan fingerprint density at radius 3 is 2.82 bits per heavy atom. The molecule has 0 spiro atoms. The maximum absolute atomic E-state index is 4.98. The summed E-state index contributed by atoms with van der Waals surface area (Å²) >= 11 is 0. The highest BCUT2D eigenvalue weighted by Gasteiger charge is 2.00. The zero-order valence-electron chi connectivity index (χ0n) is 7.13. The average molecular weight is 152 g/mol. The number of nitrogens with zero attached hydrogens (tertiary/aromatic N) is 1. The Morgan fingerprint density at radius 2 is 2.36 bits per heavy atom. The highest BCUT2D eigenvalue weighted by atomic mass is 16.5. The van der Waals surface area contributed by atoms with Gasteiger partial charge in [-0.3, -0.25) is 0 Å². The largest absolute Gasteiger partial charge is 0.384 e. The lowest BCUT2D eigenvalue weighted by atomic mass is 10.2. The topological polar surface area (TPSA) is 14.2 Å². The molecule has 0 aliphatic carbocycles. The number of methoxy groups -OCH3 is 1. The monoisotopic (exact) mass is 152 g/mol. The fourth-order valence-corrected chi connectivity index (χ4v) is 1.15. The van der Waals surface area contributed by atoms with E-state index in [1.807, 2.05) is 19.3 Å². The van der Waals surface area contributed by atoms with Gasteiger partial charge in [-0.15, -0.1) is 0 Å². The Morgan fingerprint density at radius 1 is 1.64 bits per heavy atom. The Bertz CT molecular complexity index is 208. The number of ether oxygens (including phenoxy) is 1. The molecule has 1 aromatic heterocycles. The molecule has 11 heavy (non-hydrogen) atoms. The molecule has 0 amide bonds. The second-order valence-electron chi connectivity index (χ2n) is 2.64. The molecule has 0 saturated heterocycles. The number of aromatic nitrogens is 1. The van der Waals surface area contributed by atoms with Crippen molar-refractivity contribution in [3.63, 3.8) is 0 Å². The van der Waals surface area contributed by atoms with Crippen LogP contribution in [0.4, 0.5) is 0 Å². The number of rotatable bonds is 3. The van der Waals surface area contributed by atoms with Crippen molar-refractivity contribution in [3.8, 4) is 0 Å². The lowest BCUT2D eigenvalue weighted by Gasteiger charge is -2.03. The van der Waals surface area contributed by atoms with Crippen molar-refractivity contribution in [3.05, 3.63) is 30.4 Å². The minimum atomic E-state index is 0.764. The third-order valence-electron chi connectivity index (χ3n) is 1.84. The van der Waals surface area contributed by atoms with E-state index in [9.17, 15) is 0 Å². The van der Waals surface area contributed by atoms with Gasteiger partial charge in [-0.25, -0.2) is 0 Å². The fraction of sp³-hybridized carbons (Fsp3) is 0.444. The van der Waals surface area contributed by atoms with Gasteiger partial charge >= 0.3 is 0 Å². The van der Waals surface area contributed by atoms with Gasteiger partial charge in [0.2, 0.25) is 0 Å². The Kier molecular flexibility index (Phi) is 2.71. The van der Waals surface area contributed by atoms with Gasteiger partial charge in [-0.05, 0) is 18.6 Å². The van der Waals surface area contributed by atoms with E-state index in [0.717, 1.165) is 18.6 Å². The van der Waals surface area contributed by atoms with Crippen LogP contribution in [0.5, 0.6) is 0 Å². The summed E-state index contributed by atoms with van der Waals surface area (Å²) in [6.45, 7) is 4.68. The van der Waals surface area contributed by atoms with Gasteiger partial charge < -0.3 is 9.30 Å². The summed E-state index contributed by atoms with van der Waals surface area (Å²) < 4.78 is 7.07. The van der Waals surface area contributed by atoms with Crippen molar-refractivity contribution in [2.45, 2.75) is 6.42 Å². The van der Waals surface area contributed by atoms with E-state index in [1.165, 1.54) is 5.69 Å². The summed E-state index contributed by atoms with van der Waals surface area (Å²) in [5.74, 6) is 0. The molecule has 0 bridgehead atoms. The molecule has 0 aliphatic heterocycles. The van der Waals surface area contributed by atoms with Gasteiger partial charge in [0.1, 0.15) is 0 Å². The van der Waals surface area contributed by atoms with Gasteiger partial charge in [-0.2, -0.15) is 0 Å². The smallest absolute Gasteiger partial charge is 0.0517 e. The summed E-state index contributed by atoms with van der Waals surface area (Å²) in [5.41, 5.74) is 2.36. The van der Waals surface area contributed by atoms with Crippen LogP contribution in [0.2, 0.25) is 0 Å². The van der Waals surface area contributed by atoms with Gasteiger partial charge in [0.25, 0.3) is 0 Å². The minimum Gasteiger partial charge on any atom is -0.384 e. The van der Waals surface area contributed by atoms with Crippen molar-refractivity contribution in [2.75, 3.05) is 13.7 Å². The van der Waals surface area contributed by atoms with Gasteiger partial charge in [0.05, 0.1) is 6.61 Å². The molecule has 1 radical (unpaired) electrons. The molecule has 0 N–H and O–H groups in total. The first-order valence-corrected chi connectivity index (χ1v) is 3.71. The molecule has 0 fully saturated rings. The molecular formula is C9H14NO. The van der Waals surface area contributed by atoms with Crippen molar-refractivity contribution in [2.24, 2.45) is 7.05 Å². The summed E-state index contributed by atoms with van der Waals surface area (Å²) in [7, 11) is 3.74. The standard InChI is InChI=1S/C9H14NO/c1-8-4-6-10(2)9(8)5-7-11-3/h4,6H,1,5,7H2,2-3H3. The van der Waals surface area contributed by atoms with E-state index in [0.29, 0.717) is 0 Å². The Hall–Kier alpha value is -0.760.